The summed E-state index contributed by atoms with van der Waals surface area (Å²) in [6.07, 6.45) is -9.23. The highest BCUT2D eigenvalue weighted by Gasteiger charge is 2.37. The van der Waals surface area contributed by atoms with Crippen LogP contribution in [0.1, 0.15) is 42.5 Å². The summed E-state index contributed by atoms with van der Waals surface area (Å²) in [7, 11) is 0. The van der Waals surface area contributed by atoms with E-state index in [0.29, 0.717) is 0 Å². The molecule has 0 N–H and O–H groups in total. The molecule has 1 aromatic carbocycles. The first-order valence-electron chi connectivity index (χ1n) is 8.25. The molecule has 0 fully saturated rings. The van der Waals surface area contributed by atoms with Gasteiger partial charge in [-0.05, 0) is 29.8 Å². The summed E-state index contributed by atoms with van der Waals surface area (Å²) in [5.41, 5.74) is -0.998. The summed E-state index contributed by atoms with van der Waals surface area (Å²) in [6, 6.07) is 6.03. The summed E-state index contributed by atoms with van der Waals surface area (Å²) in [4.78, 5) is 16.0. The molecule has 152 valence electrons. The number of alkyl halides is 6. The van der Waals surface area contributed by atoms with Crippen LogP contribution in [0.15, 0.2) is 42.6 Å². The van der Waals surface area contributed by atoms with Crippen molar-refractivity contribution in [3.8, 4) is 0 Å². The van der Waals surface area contributed by atoms with Crippen LogP contribution in [0.4, 0.5) is 30.7 Å². The Labute approximate surface area is 156 Å². The summed E-state index contributed by atoms with van der Waals surface area (Å²) in [5, 5.41) is 0. The van der Waals surface area contributed by atoms with Crippen LogP contribution >= 0.6 is 0 Å². The standard InChI is InChI=1S/C19H16F7NO/c1-11(18(21,22)23)9-14(28)10-15(17-16(20)3-2-8-27-17)12-4-6-13(7-5-12)19(24,25)26/h2-8,11,15H,9-10H2,1H3/t11-,15+/m1/s1. The summed E-state index contributed by atoms with van der Waals surface area (Å²) in [6.45, 7) is 0.854. The Bertz CT molecular complexity index is 812. The molecule has 2 atom stereocenters. The molecule has 0 radical (unpaired) electrons. The zero-order valence-corrected chi connectivity index (χ0v) is 14.6. The third-order valence-electron chi connectivity index (χ3n) is 4.28. The number of ketones is 1. The Morgan fingerprint density at radius 2 is 1.61 bits per heavy atom. The van der Waals surface area contributed by atoms with Crippen molar-refractivity contribution >= 4 is 5.78 Å². The van der Waals surface area contributed by atoms with Crippen molar-refractivity contribution in [2.45, 2.75) is 38.0 Å². The van der Waals surface area contributed by atoms with Gasteiger partial charge in [-0.25, -0.2) is 4.39 Å². The molecule has 2 aromatic rings. The van der Waals surface area contributed by atoms with Gasteiger partial charge in [0.05, 0.1) is 17.2 Å². The van der Waals surface area contributed by atoms with Crippen molar-refractivity contribution in [3.05, 3.63) is 65.2 Å². The molecule has 0 aliphatic rings. The van der Waals surface area contributed by atoms with E-state index in [0.717, 1.165) is 37.3 Å². The first-order chi connectivity index (χ1) is 12.9. The average Bonchev–Trinajstić information content (AvgIpc) is 2.59. The Hall–Kier alpha value is -2.45. The molecule has 2 rings (SSSR count). The van der Waals surface area contributed by atoms with Crippen molar-refractivity contribution in [2.75, 3.05) is 0 Å². The Kier molecular flexibility index (Phi) is 6.46. The van der Waals surface area contributed by atoms with Crippen LogP contribution in [0.2, 0.25) is 0 Å². The van der Waals surface area contributed by atoms with Gasteiger partial charge in [0.15, 0.2) is 0 Å². The van der Waals surface area contributed by atoms with Gasteiger partial charge in [0.2, 0.25) is 0 Å². The van der Waals surface area contributed by atoms with Crippen molar-refractivity contribution in [1.29, 1.82) is 0 Å². The summed E-state index contributed by atoms with van der Waals surface area (Å²) < 4.78 is 90.4. The van der Waals surface area contributed by atoms with Crippen molar-refractivity contribution in [3.63, 3.8) is 0 Å². The molecule has 0 unspecified atom stereocenters. The second-order valence-electron chi connectivity index (χ2n) is 6.43. The van der Waals surface area contributed by atoms with Crippen LogP contribution in [-0.2, 0) is 11.0 Å². The van der Waals surface area contributed by atoms with E-state index in [-0.39, 0.29) is 11.3 Å². The molecule has 0 bridgehead atoms. The smallest absolute Gasteiger partial charge is 0.300 e. The van der Waals surface area contributed by atoms with Crippen LogP contribution in [0.3, 0.4) is 0 Å². The van der Waals surface area contributed by atoms with Gasteiger partial charge in [0.1, 0.15) is 11.6 Å². The van der Waals surface area contributed by atoms with E-state index in [1.807, 2.05) is 0 Å². The largest absolute Gasteiger partial charge is 0.416 e. The lowest BCUT2D eigenvalue weighted by molar-refractivity contribution is -0.173. The lowest BCUT2D eigenvalue weighted by Crippen LogP contribution is -2.23. The molecular weight excluding hydrogens is 391 g/mol. The minimum atomic E-state index is -4.58. The molecule has 0 saturated heterocycles. The maximum Gasteiger partial charge on any atom is 0.416 e. The van der Waals surface area contributed by atoms with E-state index in [9.17, 15) is 35.5 Å². The molecule has 0 amide bonds. The molecule has 1 heterocycles. The third kappa shape index (κ3) is 5.53. The lowest BCUT2D eigenvalue weighted by atomic mass is 9.87. The number of aromatic nitrogens is 1. The number of rotatable bonds is 6. The number of Topliss-reactive ketones (excluding diaryl/α,β-unsaturated/α-hetero) is 1. The summed E-state index contributed by atoms with van der Waals surface area (Å²) >= 11 is 0. The van der Waals surface area contributed by atoms with E-state index >= 15 is 0 Å². The first-order valence-corrected chi connectivity index (χ1v) is 8.25. The lowest BCUT2D eigenvalue weighted by Gasteiger charge is -2.20. The minimum absolute atomic E-state index is 0.151. The number of hydrogen-bond donors (Lipinski definition) is 0. The number of halogens is 7. The summed E-state index contributed by atoms with van der Waals surface area (Å²) in [5.74, 6) is -4.58. The quantitative estimate of drug-likeness (QED) is 0.557. The van der Waals surface area contributed by atoms with Gasteiger partial charge in [-0.3, -0.25) is 9.78 Å². The monoisotopic (exact) mass is 407 g/mol. The highest BCUT2D eigenvalue weighted by atomic mass is 19.4. The third-order valence-corrected chi connectivity index (χ3v) is 4.28. The van der Waals surface area contributed by atoms with Gasteiger partial charge in [-0.1, -0.05) is 19.1 Å². The number of pyridine rings is 1. The van der Waals surface area contributed by atoms with Crippen LogP contribution in [0, 0.1) is 11.7 Å². The second-order valence-corrected chi connectivity index (χ2v) is 6.43. The van der Waals surface area contributed by atoms with Gasteiger partial charge < -0.3 is 0 Å². The van der Waals surface area contributed by atoms with E-state index in [2.05, 4.69) is 4.98 Å². The predicted octanol–water partition coefficient (Wildman–Crippen LogP) is 5.92. The first kappa shape index (κ1) is 21.8. The van der Waals surface area contributed by atoms with Crippen LogP contribution < -0.4 is 0 Å². The molecule has 2 nitrogen and oxygen atoms in total. The predicted molar refractivity (Wildman–Crippen MR) is 86.9 cm³/mol. The maximum absolute atomic E-state index is 14.2. The van der Waals surface area contributed by atoms with Crippen LogP contribution in [0.5, 0.6) is 0 Å². The fourth-order valence-corrected chi connectivity index (χ4v) is 2.70. The van der Waals surface area contributed by atoms with E-state index in [1.165, 1.54) is 12.3 Å². The van der Waals surface area contributed by atoms with Crippen molar-refractivity contribution in [1.82, 2.24) is 4.98 Å². The highest BCUT2D eigenvalue weighted by Crippen LogP contribution is 2.35. The number of carbonyl (C=O) groups is 1. The fourth-order valence-electron chi connectivity index (χ4n) is 2.70. The Balaban J connectivity index is 2.33. The number of carbonyl (C=O) groups excluding carboxylic acids is 1. The van der Waals surface area contributed by atoms with Gasteiger partial charge in [-0.15, -0.1) is 0 Å². The van der Waals surface area contributed by atoms with E-state index in [4.69, 9.17) is 0 Å². The number of benzene rings is 1. The normalized spacial score (nSPS) is 14.6. The molecule has 0 saturated carbocycles. The second kappa shape index (κ2) is 8.28. The molecular formula is C19H16F7NO. The molecule has 1 aromatic heterocycles. The van der Waals surface area contributed by atoms with Gasteiger partial charge >= 0.3 is 12.4 Å². The molecule has 9 heteroatoms. The zero-order chi connectivity index (χ0) is 21.1. The fraction of sp³-hybridized carbons (Fsp3) is 0.368. The van der Waals surface area contributed by atoms with E-state index < -0.39 is 54.2 Å². The molecule has 0 spiro atoms. The van der Waals surface area contributed by atoms with E-state index in [1.54, 1.807) is 0 Å². The van der Waals surface area contributed by atoms with Crippen LogP contribution in [-0.4, -0.2) is 16.9 Å². The van der Waals surface area contributed by atoms with Crippen molar-refractivity contribution in [2.24, 2.45) is 5.92 Å². The Morgan fingerprint density at radius 1 is 1.00 bits per heavy atom. The van der Waals surface area contributed by atoms with Gasteiger partial charge in [0, 0.05) is 25.0 Å². The van der Waals surface area contributed by atoms with Gasteiger partial charge in [0.25, 0.3) is 0 Å². The minimum Gasteiger partial charge on any atom is -0.300 e. The molecule has 28 heavy (non-hydrogen) atoms. The SMILES string of the molecule is C[C@H](CC(=O)C[C@@H](c1ccc(C(F)(F)F)cc1)c1ncccc1F)C(F)(F)F. The number of nitrogens with zero attached hydrogens (tertiary/aromatic N) is 1. The zero-order valence-electron chi connectivity index (χ0n) is 14.6. The van der Waals surface area contributed by atoms with Crippen LogP contribution in [0.25, 0.3) is 0 Å². The Morgan fingerprint density at radius 3 is 2.11 bits per heavy atom. The van der Waals surface area contributed by atoms with Crippen molar-refractivity contribution < 1.29 is 35.5 Å². The molecule has 0 aliphatic carbocycles. The highest BCUT2D eigenvalue weighted by molar-refractivity contribution is 5.80. The average molecular weight is 407 g/mol. The maximum atomic E-state index is 14.2. The topological polar surface area (TPSA) is 30.0 Å². The number of hydrogen-bond acceptors (Lipinski definition) is 2. The van der Waals surface area contributed by atoms with Gasteiger partial charge in [-0.2, -0.15) is 26.3 Å². The molecule has 0 aliphatic heterocycles.